The van der Waals surface area contributed by atoms with Crippen LogP contribution in [0.2, 0.25) is 0 Å². The molecular weight excluding hydrogens is 300 g/mol. The van der Waals surface area contributed by atoms with E-state index in [4.69, 9.17) is 0 Å². The van der Waals surface area contributed by atoms with Crippen molar-refractivity contribution in [2.45, 2.75) is 43.6 Å². The minimum Gasteiger partial charge on any atom is -0.508 e. The zero-order chi connectivity index (χ0) is 16.5. The zero-order valence-corrected chi connectivity index (χ0v) is 14.4. The van der Waals surface area contributed by atoms with Crippen LogP contribution in [0.15, 0.2) is 18.2 Å². The highest BCUT2D eigenvalue weighted by Gasteiger charge is 2.56. The van der Waals surface area contributed by atoms with Gasteiger partial charge in [0.15, 0.2) is 0 Å². The van der Waals surface area contributed by atoms with Gasteiger partial charge in [0, 0.05) is 36.9 Å². The number of likely N-dealkylation sites (tertiary alicyclic amines) is 2. The second kappa shape index (κ2) is 4.98. The Morgan fingerprint density at radius 1 is 1.33 bits per heavy atom. The van der Waals surface area contributed by atoms with Gasteiger partial charge in [0.2, 0.25) is 5.91 Å². The number of fused-ring (bicyclic) bond motifs is 1. The van der Waals surface area contributed by atoms with E-state index in [1.807, 2.05) is 6.07 Å². The standard InChI is InChI=1S/C20H26N2O2/c1-21-7-6-20-10-19(24)22(11-13-2-3-13)12-17(20)18(21)8-14-4-5-15(23)9-16(14)20/h4-5,9,13,17-18,23H,2-3,6-8,10-12H2,1H3/t17-,18+,20+/m0/s1. The third kappa shape index (κ3) is 2.05. The van der Waals surface area contributed by atoms with Crippen LogP contribution in [0.25, 0.3) is 0 Å². The van der Waals surface area contributed by atoms with Crippen LogP contribution in [0.5, 0.6) is 5.75 Å². The highest BCUT2D eigenvalue weighted by Crippen LogP contribution is 2.54. The minimum atomic E-state index is -0.0549. The van der Waals surface area contributed by atoms with Gasteiger partial charge in [0.05, 0.1) is 0 Å². The van der Waals surface area contributed by atoms with Gasteiger partial charge in [-0.2, -0.15) is 0 Å². The molecule has 1 saturated carbocycles. The number of hydrogen-bond acceptors (Lipinski definition) is 3. The summed E-state index contributed by atoms with van der Waals surface area (Å²) in [6.07, 6.45) is 5.29. The van der Waals surface area contributed by atoms with Gasteiger partial charge in [-0.05, 0) is 68.5 Å². The normalized spacial score (nSPS) is 35.5. The number of hydrogen-bond donors (Lipinski definition) is 1. The fourth-order valence-corrected chi connectivity index (χ4v) is 5.59. The molecule has 3 fully saturated rings. The Kier molecular flexibility index (Phi) is 3.06. The number of phenols is 1. The number of carbonyl (C=O) groups is 1. The molecule has 2 aliphatic carbocycles. The van der Waals surface area contributed by atoms with E-state index in [2.05, 4.69) is 22.9 Å². The van der Waals surface area contributed by atoms with Crippen LogP contribution in [0, 0.1) is 11.8 Å². The van der Waals surface area contributed by atoms with Gasteiger partial charge in [0.25, 0.3) is 0 Å². The molecular formula is C20H26N2O2. The Morgan fingerprint density at radius 3 is 2.96 bits per heavy atom. The van der Waals surface area contributed by atoms with Crippen molar-refractivity contribution in [1.29, 1.82) is 0 Å². The Morgan fingerprint density at radius 2 is 2.17 bits per heavy atom. The molecule has 1 amide bonds. The number of rotatable bonds is 2. The summed E-state index contributed by atoms with van der Waals surface area (Å²) in [5.74, 6) is 1.92. The predicted octanol–water partition coefficient (Wildman–Crippen LogP) is 2.15. The van der Waals surface area contributed by atoms with E-state index in [1.54, 1.807) is 6.07 Å². The molecule has 2 heterocycles. The number of nitrogens with zero attached hydrogens (tertiary/aromatic N) is 2. The summed E-state index contributed by atoms with van der Waals surface area (Å²) >= 11 is 0. The second-order valence-corrected chi connectivity index (χ2v) is 8.53. The topological polar surface area (TPSA) is 43.8 Å². The number of aromatic hydroxyl groups is 1. The summed E-state index contributed by atoms with van der Waals surface area (Å²) in [6, 6.07) is 6.35. The maximum absolute atomic E-state index is 12.9. The lowest BCUT2D eigenvalue weighted by molar-refractivity contribution is -0.143. The summed E-state index contributed by atoms with van der Waals surface area (Å²) in [6.45, 7) is 2.92. The zero-order valence-electron chi connectivity index (χ0n) is 14.4. The molecule has 0 unspecified atom stereocenters. The number of likely N-dealkylation sites (N-methyl/N-ethyl adjacent to an activating group) is 1. The molecule has 1 N–H and O–H groups in total. The van der Waals surface area contributed by atoms with E-state index in [9.17, 15) is 9.90 Å². The molecule has 1 aromatic rings. The Bertz CT molecular complexity index is 699. The second-order valence-electron chi connectivity index (χ2n) is 8.53. The molecule has 4 aliphatic rings. The fraction of sp³-hybridized carbons (Fsp3) is 0.650. The van der Waals surface area contributed by atoms with Gasteiger partial charge in [-0.25, -0.2) is 0 Å². The maximum Gasteiger partial charge on any atom is 0.223 e. The van der Waals surface area contributed by atoms with E-state index in [1.165, 1.54) is 24.0 Å². The van der Waals surface area contributed by atoms with Crippen LogP contribution in [-0.2, 0) is 16.6 Å². The van der Waals surface area contributed by atoms with Crippen LogP contribution < -0.4 is 0 Å². The molecule has 2 saturated heterocycles. The van der Waals surface area contributed by atoms with Crippen molar-refractivity contribution in [2.75, 3.05) is 26.7 Å². The average molecular weight is 326 g/mol. The molecule has 24 heavy (non-hydrogen) atoms. The number of carbonyl (C=O) groups excluding carboxylic acids is 1. The molecule has 128 valence electrons. The number of piperidine rings is 2. The quantitative estimate of drug-likeness (QED) is 0.906. The first-order chi connectivity index (χ1) is 11.6. The summed E-state index contributed by atoms with van der Waals surface area (Å²) in [5, 5.41) is 10.1. The molecule has 0 aromatic heterocycles. The van der Waals surface area contributed by atoms with E-state index in [0.29, 0.717) is 30.0 Å². The lowest BCUT2D eigenvalue weighted by Crippen LogP contribution is -2.66. The van der Waals surface area contributed by atoms with Gasteiger partial charge in [-0.1, -0.05) is 6.07 Å². The van der Waals surface area contributed by atoms with E-state index in [-0.39, 0.29) is 5.41 Å². The lowest BCUT2D eigenvalue weighted by Gasteiger charge is -2.59. The fourth-order valence-electron chi connectivity index (χ4n) is 5.59. The molecule has 3 atom stereocenters. The SMILES string of the molecule is CN1CC[C@]23CC(=O)N(CC4CC4)C[C@H]2[C@H]1Cc1ccc(O)cc13. The number of amides is 1. The third-order valence-corrected chi connectivity index (χ3v) is 7.12. The number of benzene rings is 1. The molecule has 0 spiro atoms. The average Bonchev–Trinajstić information content (AvgIpc) is 3.36. The van der Waals surface area contributed by atoms with Crippen molar-refractivity contribution in [1.82, 2.24) is 9.80 Å². The van der Waals surface area contributed by atoms with Crippen LogP contribution in [0.3, 0.4) is 0 Å². The van der Waals surface area contributed by atoms with Crippen LogP contribution in [-0.4, -0.2) is 53.5 Å². The van der Waals surface area contributed by atoms with Crippen LogP contribution >= 0.6 is 0 Å². The van der Waals surface area contributed by atoms with E-state index in [0.717, 1.165) is 38.4 Å². The van der Waals surface area contributed by atoms with E-state index < -0.39 is 0 Å². The van der Waals surface area contributed by atoms with E-state index >= 15 is 0 Å². The van der Waals surface area contributed by atoms with Crippen LogP contribution in [0.4, 0.5) is 0 Å². The first-order valence-electron chi connectivity index (χ1n) is 9.37. The summed E-state index contributed by atoms with van der Waals surface area (Å²) < 4.78 is 0. The summed E-state index contributed by atoms with van der Waals surface area (Å²) in [5.41, 5.74) is 2.54. The third-order valence-electron chi connectivity index (χ3n) is 7.12. The summed E-state index contributed by atoms with van der Waals surface area (Å²) in [7, 11) is 2.24. The van der Waals surface area contributed by atoms with Gasteiger partial charge < -0.3 is 14.9 Å². The first-order valence-corrected chi connectivity index (χ1v) is 9.37. The largest absolute Gasteiger partial charge is 0.508 e. The highest BCUT2D eigenvalue weighted by atomic mass is 16.3. The molecule has 5 rings (SSSR count). The maximum atomic E-state index is 12.9. The molecule has 2 aliphatic heterocycles. The highest BCUT2D eigenvalue weighted by molar-refractivity contribution is 5.80. The van der Waals surface area contributed by atoms with Crippen molar-refractivity contribution in [3.63, 3.8) is 0 Å². The smallest absolute Gasteiger partial charge is 0.223 e. The molecule has 0 radical (unpaired) electrons. The van der Waals surface area contributed by atoms with Gasteiger partial charge in [-0.3, -0.25) is 4.79 Å². The number of phenolic OH excluding ortho intramolecular Hbond substituents is 1. The summed E-state index contributed by atoms with van der Waals surface area (Å²) in [4.78, 5) is 17.6. The van der Waals surface area contributed by atoms with Crippen molar-refractivity contribution in [3.8, 4) is 5.75 Å². The van der Waals surface area contributed by atoms with Crippen molar-refractivity contribution >= 4 is 5.91 Å². The molecule has 1 aromatic carbocycles. The predicted molar refractivity (Wildman–Crippen MR) is 91.9 cm³/mol. The first kappa shape index (κ1) is 14.8. The van der Waals surface area contributed by atoms with Gasteiger partial charge in [-0.15, -0.1) is 0 Å². The monoisotopic (exact) mass is 326 g/mol. The van der Waals surface area contributed by atoms with Crippen molar-refractivity contribution in [3.05, 3.63) is 29.3 Å². The Labute approximate surface area is 143 Å². The Hall–Kier alpha value is -1.55. The molecule has 4 heteroatoms. The Balaban J connectivity index is 1.58. The lowest BCUT2D eigenvalue weighted by atomic mass is 9.54. The molecule has 4 nitrogen and oxygen atoms in total. The van der Waals surface area contributed by atoms with Gasteiger partial charge in [0.1, 0.15) is 5.75 Å². The molecule has 2 bridgehead atoms. The minimum absolute atomic E-state index is 0.0549. The van der Waals surface area contributed by atoms with Crippen molar-refractivity contribution < 1.29 is 9.90 Å². The van der Waals surface area contributed by atoms with Gasteiger partial charge >= 0.3 is 0 Å². The van der Waals surface area contributed by atoms with Crippen LogP contribution in [0.1, 0.15) is 36.8 Å². The van der Waals surface area contributed by atoms with Crippen molar-refractivity contribution in [2.24, 2.45) is 11.8 Å².